The number of unbranched alkanes of at least 4 members (excludes halogenated alkanes) is 14. The summed E-state index contributed by atoms with van der Waals surface area (Å²) in [6.07, 6.45) is 27.3. The highest BCUT2D eigenvalue weighted by Crippen LogP contribution is 2.23. The molecule has 0 saturated carbocycles. The molecule has 9 unspecified atom stereocenters. The Morgan fingerprint density at radius 3 is 1.73 bits per heavy atom. The lowest BCUT2D eigenvalue weighted by Crippen LogP contribution is -2.60. The van der Waals surface area contributed by atoms with E-state index in [4.69, 9.17) is 9.47 Å². The Kier molecular flexibility index (Phi) is 31.7. The maximum Gasteiger partial charge on any atom is 0.249 e. The van der Waals surface area contributed by atoms with E-state index in [2.05, 4.69) is 67.8 Å². The maximum atomic E-state index is 13.0. The SMILES string of the molecule is CCCCC/C=C\C/C=C\CCCCCCCCC(O)C(=O)NC(COC1OC(CO)C(O)C(O)C1O)C(O)C(O)CCC/C=C/CC/C=C/CCCCC. The lowest BCUT2D eigenvalue weighted by atomic mass is 9.98. The number of carbonyl (C=O) groups is 1. The van der Waals surface area contributed by atoms with Crippen LogP contribution in [0.2, 0.25) is 0 Å². The first-order chi connectivity index (χ1) is 26.7. The number of rotatable bonds is 34. The van der Waals surface area contributed by atoms with E-state index in [-0.39, 0.29) is 12.8 Å². The molecule has 9 atom stereocenters. The second-order valence-electron chi connectivity index (χ2n) is 15.0. The summed E-state index contributed by atoms with van der Waals surface area (Å²) >= 11 is 0. The Bertz CT molecular complexity index is 1030. The third kappa shape index (κ3) is 24.4. The van der Waals surface area contributed by atoms with Crippen molar-refractivity contribution >= 4 is 5.91 Å². The standard InChI is InChI=1S/C44H79NO10/c1-3-5-7-9-11-13-15-17-18-19-20-22-24-26-28-30-32-37(48)43(53)45-35(34-54-44-42(52)41(51)40(50)38(33-46)55-44)39(49)36(47)31-29-27-25-23-21-16-14-12-10-8-6-4-2/h11-14,17-18,23,25,35-42,44,46-52H,3-10,15-16,19-22,24,26-34H2,1-2H3,(H,45,53)/b13-11-,14-12+,18-17-,25-23+. The van der Waals surface area contributed by atoms with E-state index in [1.807, 2.05) is 0 Å². The molecule has 0 aromatic carbocycles. The summed E-state index contributed by atoms with van der Waals surface area (Å²) in [6.45, 7) is 3.32. The largest absolute Gasteiger partial charge is 0.394 e. The molecular formula is C44H79NO10. The molecule has 1 saturated heterocycles. The number of aliphatic hydroxyl groups excluding tert-OH is 7. The average Bonchev–Trinajstić information content (AvgIpc) is 3.18. The molecule has 1 amide bonds. The van der Waals surface area contributed by atoms with Crippen molar-refractivity contribution in [1.29, 1.82) is 0 Å². The van der Waals surface area contributed by atoms with E-state index in [1.165, 1.54) is 38.5 Å². The predicted molar refractivity (Wildman–Crippen MR) is 219 cm³/mol. The van der Waals surface area contributed by atoms with E-state index in [0.717, 1.165) is 70.6 Å². The van der Waals surface area contributed by atoms with Gasteiger partial charge >= 0.3 is 0 Å². The summed E-state index contributed by atoms with van der Waals surface area (Å²) in [4.78, 5) is 13.0. The van der Waals surface area contributed by atoms with Crippen molar-refractivity contribution in [2.75, 3.05) is 13.2 Å². The highest BCUT2D eigenvalue weighted by molar-refractivity contribution is 5.80. The zero-order valence-corrected chi connectivity index (χ0v) is 34.1. The van der Waals surface area contributed by atoms with Crippen LogP contribution in [0.5, 0.6) is 0 Å². The normalized spacial score (nSPS) is 23.0. The van der Waals surface area contributed by atoms with Gasteiger partial charge in [-0.3, -0.25) is 4.79 Å². The second kappa shape index (κ2) is 34.1. The fourth-order valence-corrected chi connectivity index (χ4v) is 6.42. The first-order valence-corrected chi connectivity index (χ1v) is 21.5. The molecule has 1 aliphatic heterocycles. The van der Waals surface area contributed by atoms with Gasteiger partial charge in [0.05, 0.1) is 25.4 Å². The van der Waals surface area contributed by atoms with E-state index >= 15 is 0 Å². The van der Waals surface area contributed by atoms with Gasteiger partial charge < -0.3 is 50.5 Å². The number of allylic oxidation sites excluding steroid dienone is 8. The molecule has 55 heavy (non-hydrogen) atoms. The summed E-state index contributed by atoms with van der Waals surface area (Å²) in [5.41, 5.74) is 0. The van der Waals surface area contributed by atoms with Crippen LogP contribution in [0.25, 0.3) is 0 Å². The first kappa shape index (κ1) is 51.1. The molecule has 8 N–H and O–H groups in total. The Labute approximate surface area is 332 Å². The molecule has 11 nitrogen and oxygen atoms in total. The molecular weight excluding hydrogens is 702 g/mol. The molecule has 1 heterocycles. The van der Waals surface area contributed by atoms with Gasteiger partial charge in [0.25, 0.3) is 0 Å². The topological polar surface area (TPSA) is 189 Å². The van der Waals surface area contributed by atoms with Crippen molar-refractivity contribution in [3.05, 3.63) is 48.6 Å². The van der Waals surface area contributed by atoms with E-state index in [1.54, 1.807) is 0 Å². The Balaban J connectivity index is 2.54. The molecule has 1 fully saturated rings. The van der Waals surface area contributed by atoms with Crippen LogP contribution in [0, 0.1) is 0 Å². The third-order valence-corrected chi connectivity index (χ3v) is 10.1. The summed E-state index contributed by atoms with van der Waals surface area (Å²) < 4.78 is 11.0. The number of amides is 1. The van der Waals surface area contributed by atoms with Crippen LogP contribution in [0.1, 0.15) is 155 Å². The molecule has 0 bridgehead atoms. The van der Waals surface area contributed by atoms with Crippen LogP contribution in [0.15, 0.2) is 48.6 Å². The number of carbonyl (C=O) groups excluding carboxylic acids is 1. The summed E-state index contributed by atoms with van der Waals surface area (Å²) in [5, 5.41) is 75.4. The molecule has 1 rings (SSSR count). The number of ether oxygens (including phenoxy) is 2. The minimum atomic E-state index is -1.67. The Morgan fingerprint density at radius 2 is 1.15 bits per heavy atom. The van der Waals surface area contributed by atoms with Gasteiger partial charge in [-0.25, -0.2) is 0 Å². The summed E-state index contributed by atoms with van der Waals surface area (Å²) in [5.74, 6) is -0.724. The van der Waals surface area contributed by atoms with Crippen molar-refractivity contribution in [2.24, 2.45) is 0 Å². The zero-order chi connectivity index (χ0) is 40.5. The fourth-order valence-electron chi connectivity index (χ4n) is 6.42. The molecule has 0 aromatic rings. The minimum absolute atomic E-state index is 0.237. The fraction of sp³-hybridized carbons (Fsp3) is 0.795. The van der Waals surface area contributed by atoms with Gasteiger partial charge in [0.1, 0.15) is 36.6 Å². The average molecular weight is 782 g/mol. The highest BCUT2D eigenvalue weighted by Gasteiger charge is 2.44. The van der Waals surface area contributed by atoms with Gasteiger partial charge in [-0.15, -0.1) is 0 Å². The smallest absolute Gasteiger partial charge is 0.249 e. The third-order valence-electron chi connectivity index (χ3n) is 10.1. The molecule has 1 aliphatic rings. The lowest BCUT2D eigenvalue weighted by molar-refractivity contribution is -0.303. The summed E-state index contributed by atoms with van der Waals surface area (Å²) in [6, 6.07) is -1.19. The van der Waals surface area contributed by atoms with Crippen molar-refractivity contribution in [2.45, 2.75) is 210 Å². The lowest BCUT2D eigenvalue weighted by Gasteiger charge is -2.40. The van der Waals surface area contributed by atoms with Gasteiger partial charge in [-0.2, -0.15) is 0 Å². The first-order valence-electron chi connectivity index (χ1n) is 21.5. The van der Waals surface area contributed by atoms with Crippen LogP contribution in [0.3, 0.4) is 0 Å². The molecule has 0 aliphatic carbocycles. The molecule has 0 spiro atoms. The predicted octanol–water partition coefficient (Wildman–Crippen LogP) is 6.22. The van der Waals surface area contributed by atoms with E-state index in [0.29, 0.717) is 19.3 Å². The van der Waals surface area contributed by atoms with Gasteiger partial charge in [-0.1, -0.05) is 120 Å². The Morgan fingerprint density at radius 1 is 0.636 bits per heavy atom. The van der Waals surface area contributed by atoms with Gasteiger partial charge in [-0.05, 0) is 83.5 Å². The van der Waals surface area contributed by atoms with Gasteiger partial charge in [0.15, 0.2) is 6.29 Å². The van der Waals surface area contributed by atoms with Crippen LogP contribution >= 0.6 is 0 Å². The van der Waals surface area contributed by atoms with Crippen LogP contribution in [-0.2, 0) is 14.3 Å². The van der Waals surface area contributed by atoms with Crippen molar-refractivity contribution in [1.82, 2.24) is 5.32 Å². The zero-order valence-electron chi connectivity index (χ0n) is 34.1. The molecule has 320 valence electrons. The number of aliphatic hydroxyl groups is 7. The van der Waals surface area contributed by atoms with E-state index < -0.39 is 74.2 Å². The monoisotopic (exact) mass is 782 g/mol. The second-order valence-corrected chi connectivity index (χ2v) is 15.0. The molecule has 0 radical (unpaired) electrons. The number of hydrogen-bond acceptors (Lipinski definition) is 10. The van der Waals surface area contributed by atoms with Gasteiger partial charge in [0.2, 0.25) is 5.91 Å². The minimum Gasteiger partial charge on any atom is -0.394 e. The molecule has 11 heteroatoms. The maximum absolute atomic E-state index is 13.0. The number of hydrogen-bond donors (Lipinski definition) is 8. The number of nitrogens with one attached hydrogen (secondary N) is 1. The van der Waals surface area contributed by atoms with Crippen LogP contribution < -0.4 is 5.32 Å². The molecule has 0 aromatic heterocycles. The van der Waals surface area contributed by atoms with Crippen molar-refractivity contribution in [3.63, 3.8) is 0 Å². The van der Waals surface area contributed by atoms with Crippen LogP contribution in [0.4, 0.5) is 0 Å². The summed E-state index contributed by atoms with van der Waals surface area (Å²) in [7, 11) is 0. The van der Waals surface area contributed by atoms with Gasteiger partial charge in [0, 0.05) is 0 Å². The highest BCUT2D eigenvalue weighted by atomic mass is 16.7. The van der Waals surface area contributed by atoms with Crippen molar-refractivity contribution in [3.8, 4) is 0 Å². The quantitative estimate of drug-likeness (QED) is 0.0275. The van der Waals surface area contributed by atoms with Crippen molar-refractivity contribution < 1.29 is 50.0 Å². The van der Waals surface area contributed by atoms with Crippen LogP contribution in [-0.4, -0.2) is 110 Å². The Hall–Kier alpha value is -1.93. The van der Waals surface area contributed by atoms with E-state index in [9.17, 15) is 40.5 Å².